The van der Waals surface area contributed by atoms with Crippen molar-refractivity contribution in [3.05, 3.63) is 29.3 Å². The number of ether oxygens (including phenoxy) is 1. The van der Waals surface area contributed by atoms with E-state index in [9.17, 15) is 9.90 Å². The molecule has 3 aliphatic carbocycles. The lowest BCUT2D eigenvalue weighted by atomic mass is 9.49. The van der Waals surface area contributed by atoms with Gasteiger partial charge in [-0.3, -0.25) is 9.69 Å². The number of nitrogens with zero attached hydrogens (tertiary/aromatic N) is 1. The zero-order chi connectivity index (χ0) is 17.2. The van der Waals surface area contributed by atoms with E-state index in [1.54, 1.807) is 6.07 Å². The Morgan fingerprint density at radius 3 is 2.92 bits per heavy atom. The van der Waals surface area contributed by atoms with Gasteiger partial charge in [-0.15, -0.1) is 0 Å². The van der Waals surface area contributed by atoms with Crippen LogP contribution in [0.15, 0.2) is 18.2 Å². The number of Topliss-reactive ketones (excluding diaryl/α,β-unsaturated/α-hetero) is 1. The fraction of sp³-hybridized carbons (Fsp3) is 0.667. The number of fused-ring (bicyclic) bond motifs is 1. The highest BCUT2D eigenvalue weighted by molar-refractivity contribution is 5.82. The molecule has 3 atom stereocenters. The van der Waals surface area contributed by atoms with Crippen molar-refractivity contribution < 1.29 is 14.6 Å². The third-order valence-corrected chi connectivity index (χ3v) is 7.47. The monoisotopic (exact) mass is 341 g/mol. The summed E-state index contributed by atoms with van der Waals surface area (Å²) in [5, 5.41) is 10.1. The lowest BCUT2D eigenvalue weighted by Gasteiger charge is -2.65. The third-order valence-electron chi connectivity index (χ3n) is 7.47. The first kappa shape index (κ1) is 15.8. The Kier molecular flexibility index (Phi) is 3.36. The number of rotatable bonds is 3. The standard InChI is InChI=1S/C21H27NO3/c1-25-21-7-6-17(24)12-20(21)8-9-22(13-14-2-3-14)19(21)10-15-4-5-16(23)11-18(15)20/h4-5,11,14,19,23H,2-3,6-10,12-13H2,1H3. The van der Waals surface area contributed by atoms with Gasteiger partial charge in [0.2, 0.25) is 0 Å². The molecule has 0 amide bonds. The molecule has 1 saturated heterocycles. The van der Waals surface area contributed by atoms with Gasteiger partial charge in [-0.05, 0) is 67.8 Å². The van der Waals surface area contributed by atoms with Crippen LogP contribution in [0.3, 0.4) is 0 Å². The number of likely N-dealkylation sites (tertiary alicyclic amines) is 1. The fourth-order valence-corrected chi connectivity index (χ4v) is 6.14. The number of phenols is 1. The summed E-state index contributed by atoms with van der Waals surface area (Å²) in [4.78, 5) is 15.2. The Morgan fingerprint density at radius 1 is 1.32 bits per heavy atom. The molecular formula is C21H27NO3. The number of aromatic hydroxyl groups is 1. The number of methoxy groups -OCH3 is 1. The van der Waals surface area contributed by atoms with Gasteiger partial charge in [0.05, 0.1) is 5.60 Å². The van der Waals surface area contributed by atoms with E-state index in [1.165, 1.54) is 30.5 Å². The molecule has 1 aliphatic heterocycles. The maximum Gasteiger partial charge on any atom is 0.134 e. The normalized spacial score (nSPS) is 37.5. The third kappa shape index (κ3) is 2.10. The van der Waals surface area contributed by atoms with Crippen LogP contribution in [-0.2, 0) is 21.4 Å². The summed E-state index contributed by atoms with van der Waals surface area (Å²) in [6, 6.07) is 6.12. The van der Waals surface area contributed by atoms with Gasteiger partial charge in [-0.2, -0.15) is 0 Å². The van der Waals surface area contributed by atoms with Gasteiger partial charge >= 0.3 is 0 Å². The second-order valence-corrected chi connectivity index (χ2v) is 8.64. The second-order valence-electron chi connectivity index (χ2n) is 8.64. The lowest BCUT2D eigenvalue weighted by molar-refractivity contribution is -0.187. The van der Waals surface area contributed by atoms with Gasteiger partial charge < -0.3 is 9.84 Å². The van der Waals surface area contributed by atoms with E-state index >= 15 is 0 Å². The molecule has 0 aromatic heterocycles. The number of benzene rings is 1. The van der Waals surface area contributed by atoms with Crippen molar-refractivity contribution in [2.24, 2.45) is 5.92 Å². The molecule has 3 unspecified atom stereocenters. The van der Waals surface area contributed by atoms with Gasteiger partial charge in [0.15, 0.2) is 0 Å². The molecule has 4 nitrogen and oxygen atoms in total. The van der Waals surface area contributed by atoms with Gasteiger partial charge in [-0.1, -0.05) is 6.07 Å². The number of phenolic OH excluding ortho intramolecular Hbond substituents is 1. The van der Waals surface area contributed by atoms with Crippen molar-refractivity contribution >= 4 is 5.78 Å². The van der Waals surface area contributed by atoms with E-state index in [4.69, 9.17) is 4.74 Å². The molecular weight excluding hydrogens is 314 g/mol. The van der Waals surface area contributed by atoms with Crippen molar-refractivity contribution in [1.82, 2.24) is 4.90 Å². The quantitative estimate of drug-likeness (QED) is 0.918. The zero-order valence-electron chi connectivity index (χ0n) is 15.0. The minimum Gasteiger partial charge on any atom is -0.508 e. The van der Waals surface area contributed by atoms with E-state index < -0.39 is 0 Å². The number of carbonyl (C=O) groups is 1. The average molecular weight is 341 g/mol. The van der Waals surface area contributed by atoms with Crippen LogP contribution in [0.25, 0.3) is 0 Å². The minimum absolute atomic E-state index is 0.270. The van der Waals surface area contributed by atoms with Crippen molar-refractivity contribution in [3.63, 3.8) is 0 Å². The smallest absolute Gasteiger partial charge is 0.134 e. The molecule has 1 N–H and O–H groups in total. The average Bonchev–Trinajstić information content (AvgIpc) is 3.42. The topological polar surface area (TPSA) is 49.8 Å². The molecule has 2 saturated carbocycles. The SMILES string of the molecule is COC12CCC(=O)CC13CCN(CC1CC1)C2Cc1ccc(O)cc13. The lowest BCUT2D eigenvalue weighted by Crippen LogP contribution is -2.74. The van der Waals surface area contributed by atoms with Crippen LogP contribution < -0.4 is 0 Å². The molecule has 1 heterocycles. The van der Waals surface area contributed by atoms with E-state index in [-0.39, 0.29) is 11.0 Å². The summed E-state index contributed by atoms with van der Waals surface area (Å²) in [6.45, 7) is 2.21. The van der Waals surface area contributed by atoms with E-state index in [0.29, 0.717) is 30.4 Å². The van der Waals surface area contributed by atoms with E-state index in [1.807, 2.05) is 13.2 Å². The predicted molar refractivity (Wildman–Crippen MR) is 94.8 cm³/mol. The minimum atomic E-state index is -0.297. The van der Waals surface area contributed by atoms with E-state index in [0.717, 1.165) is 31.7 Å². The summed E-state index contributed by atoms with van der Waals surface area (Å²) >= 11 is 0. The zero-order valence-corrected chi connectivity index (χ0v) is 15.0. The maximum absolute atomic E-state index is 12.5. The first-order valence-corrected chi connectivity index (χ1v) is 9.71. The first-order chi connectivity index (χ1) is 12.1. The largest absolute Gasteiger partial charge is 0.508 e. The van der Waals surface area contributed by atoms with Crippen LogP contribution in [-0.4, -0.2) is 47.6 Å². The maximum atomic E-state index is 12.5. The molecule has 25 heavy (non-hydrogen) atoms. The van der Waals surface area contributed by atoms with Crippen LogP contribution in [0, 0.1) is 5.92 Å². The fourth-order valence-electron chi connectivity index (χ4n) is 6.14. The van der Waals surface area contributed by atoms with E-state index in [2.05, 4.69) is 11.0 Å². The Morgan fingerprint density at radius 2 is 2.16 bits per heavy atom. The highest BCUT2D eigenvalue weighted by atomic mass is 16.5. The Labute approximate surface area is 149 Å². The Hall–Kier alpha value is -1.39. The highest BCUT2D eigenvalue weighted by Gasteiger charge is 2.65. The number of hydrogen-bond acceptors (Lipinski definition) is 4. The van der Waals surface area contributed by atoms with Gasteiger partial charge in [-0.25, -0.2) is 0 Å². The molecule has 4 heteroatoms. The molecule has 134 valence electrons. The van der Waals surface area contributed by atoms with Crippen molar-refractivity contribution in [1.29, 1.82) is 0 Å². The van der Waals surface area contributed by atoms with Crippen LogP contribution in [0.2, 0.25) is 0 Å². The van der Waals surface area contributed by atoms with Crippen LogP contribution >= 0.6 is 0 Å². The number of ketones is 1. The van der Waals surface area contributed by atoms with Crippen molar-refractivity contribution in [2.75, 3.05) is 20.2 Å². The molecule has 1 aromatic carbocycles. The second kappa shape index (κ2) is 5.31. The number of carbonyl (C=O) groups excluding carboxylic acids is 1. The molecule has 0 spiro atoms. The number of piperidine rings is 1. The van der Waals surface area contributed by atoms with Gasteiger partial charge in [0.25, 0.3) is 0 Å². The van der Waals surface area contributed by atoms with Crippen molar-refractivity contribution in [3.8, 4) is 5.75 Å². The predicted octanol–water partition coefficient (Wildman–Crippen LogP) is 2.81. The molecule has 2 bridgehead atoms. The molecule has 5 rings (SSSR count). The summed E-state index contributed by atoms with van der Waals surface area (Å²) in [5.41, 5.74) is 1.90. The number of hydrogen-bond donors (Lipinski definition) is 1. The summed E-state index contributed by atoms with van der Waals surface area (Å²) in [5.74, 6) is 1.50. The molecule has 0 radical (unpaired) electrons. The molecule has 4 aliphatic rings. The van der Waals surface area contributed by atoms with Gasteiger partial charge in [0.1, 0.15) is 11.5 Å². The molecule has 3 fully saturated rings. The van der Waals surface area contributed by atoms with Crippen LogP contribution in [0.5, 0.6) is 5.75 Å². The Bertz CT molecular complexity index is 728. The first-order valence-electron chi connectivity index (χ1n) is 9.71. The summed E-state index contributed by atoms with van der Waals surface area (Å²) < 4.78 is 6.34. The molecule has 1 aromatic rings. The highest BCUT2D eigenvalue weighted by Crippen LogP contribution is 2.59. The summed E-state index contributed by atoms with van der Waals surface area (Å²) in [6.07, 6.45) is 6.62. The van der Waals surface area contributed by atoms with Gasteiger partial charge in [0, 0.05) is 38.0 Å². The summed E-state index contributed by atoms with van der Waals surface area (Å²) in [7, 11) is 1.84. The Balaban J connectivity index is 1.68. The van der Waals surface area contributed by atoms with Crippen LogP contribution in [0.4, 0.5) is 0 Å². The van der Waals surface area contributed by atoms with Crippen molar-refractivity contribution in [2.45, 2.75) is 62.0 Å². The van der Waals surface area contributed by atoms with Crippen LogP contribution in [0.1, 0.15) is 49.7 Å².